The minimum atomic E-state index is -3.38. The highest BCUT2D eigenvalue weighted by Gasteiger charge is 2.25. The van der Waals surface area contributed by atoms with Gasteiger partial charge in [-0.05, 0) is 98.9 Å². The van der Waals surface area contributed by atoms with Crippen LogP contribution in [0.15, 0.2) is 72.0 Å². The Morgan fingerprint density at radius 3 is 2.40 bits per heavy atom. The number of nitrogens with zero attached hydrogens (tertiary/aromatic N) is 4. The molecule has 2 fully saturated rings. The van der Waals surface area contributed by atoms with Crippen molar-refractivity contribution in [3.05, 3.63) is 83.9 Å². The van der Waals surface area contributed by atoms with E-state index in [0.29, 0.717) is 59.5 Å². The number of ketones is 1. The minimum Gasteiger partial charge on any atom is -0.393 e. The maximum Gasteiger partial charge on any atom is 0.229 e. The Kier molecular flexibility index (Phi) is 8.87. The van der Waals surface area contributed by atoms with Crippen LogP contribution in [0.5, 0.6) is 0 Å². The summed E-state index contributed by atoms with van der Waals surface area (Å²) in [5.74, 6) is 7.79. The molecule has 45 heavy (non-hydrogen) atoms. The van der Waals surface area contributed by atoms with Crippen molar-refractivity contribution in [3.8, 4) is 23.1 Å². The number of sulfone groups is 1. The normalized spacial score (nSPS) is 18.0. The Morgan fingerprint density at radius 2 is 1.71 bits per heavy atom. The number of nitrogens with one attached hydrogen (secondary N) is 2. The van der Waals surface area contributed by atoms with Crippen molar-refractivity contribution in [2.24, 2.45) is 5.92 Å². The summed E-state index contributed by atoms with van der Waals surface area (Å²) in [7, 11) is -3.38. The molecule has 3 N–H and O–H groups in total. The number of rotatable bonds is 9. The van der Waals surface area contributed by atoms with Gasteiger partial charge in [-0.3, -0.25) is 9.78 Å². The van der Waals surface area contributed by atoms with Crippen molar-refractivity contribution >= 4 is 33.1 Å². The summed E-state index contributed by atoms with van der Waals surface area (Å²) in [6, 6.07) is 14.3. The Labute approximate surface area is 262 Å². The summed E-state index contributed by atoms with van der Waals surface area (Å²) in [6.45, 7) is 0. The van der Waals surface area contributed by atoms with Crippen LogP contribution in [0.4, 0.5) is 17.5 Å². The van der Waals surface area contributed by atoms with Gasteiger partial charge in [-0.15, -0.1) is 0 Å². The number of hydrogen-bond acceptors (Lipinski definition) is 10. The van der Waals surface area contributed by atoms with Crippen molar-refractivity contribution in [2.75, 3.05) is 16.9 Å². The number of aliphatic hydroxyl groups is 1. The first kappa shape index (κ1) is 30.4. The van der Waals surface area contributed by atoms with Gasteiger partial charge in [0.2, 0.25) is 5.95 Å². The molecule has 230 valence electrons. The molecule has 0 saturated heterocycles. The fourth-order valence-electron chi connectivity index (χ4n) is 5.19. The van der Waals surface area contributed by atoms with Crippen LogP contribution in [-0.2, 0) is 9.84 Å². The van der Waals surface area contributed by atoms with Gasteiger partial charge in [0.1, 0.15) is 11.5 Å². The molecule has 10 nitrogen and oxygen atoms in total. The quantitative estimate of drug-likeness (QED) is 0.169. The maximum absolute atomic E-state index is 12.4. The van der Waals surface area contributed by atoms with E-state index in [-0.39, 0.29) is 22.8 Å². The van der Waals surface area contributed by atoms with Crippen LogP contribution < -0.4 is 10.6 Å². The van der Waals surface area contributed by atoms with Crippen molar-refractivity contribution in [3.63, 3.8) is 0 Å². The number of benzene rings is 1. The average molecular weight is 623 g/mol. The Morgan fingerprint density at radius 1 is 0.933 bits per heavy atom. The van der Waals surface area contributed by atoms with Crippen LogP contribution in [0.1, 0.15) is 66.6 Å². The number of carbonyl (C=O) groups is 1. The Hall–Kier alpha value is -4.66. The fraction of sp³-hybridized carbons (Fsp3) is 0.324. The van der Waals surface area contributed by atoms with Gasteiger partial charge in [0.15, 0.2) is 15.6 Å². The standard InChI is InChI=1S/C34H34N6O4S/c1-45(43,44)29-14-15-31(36-20-29)30-21-37-34(40-33(30)38-25-10-12-28(41)13-11-25)39-26-7-4-22(5-8-26)6-9-27-19-24(16-17-35-27)32(42)18-23-2-3-23/h4-5,7-8,14-17,19-21,23,25,28,41H,2-3,10-13,18H2,1H3,(H2,37,38,39,40). The number of pyridine rings is 2. The first-order chi connectivity index (χ1) is 21.7. The van der Waals surface area contributed by atoms with Crippen LogP contribution in [0, 0.1) is 17.8 Å². The van der Waals surface area contributed by atoms with Crippen molar-refractivity contribution < 1.29 is 18.3 Å². The lowest BCUT2D eigenvalue weighted by Crippen LogP contribution is -2.29. The van der Waals surface area contributed by atoms with Crippen LogP contribution >= 0.6 is 0 Å². The molecule has 0 amide bonds. The fourth-order valence-corrected chi connectivity index (χ4v) is 5.75. The Bertz CT molecular complexity index is 1860. The topological polar surface area (TPSA) is 147 Å². The molecule has 0 bridgehead atoms. The highest BCUT2D eigenvalue weighted by atomic mass is 32.2. The molecule has 0 atom stereocenters. The molecule has 0 unspecified atom stereocenters. The van der Waals surface area contributed by atoms with Crippen molar-refractivity contribution in [2.45, 2.75) is 62.0 Å². The number of anilines is 3. The third kappa shape index (κ3) is 8.09. The predicted octanol–water partition coefficient (Wildman–Crippen LogP) is 5.18. The van der Waals surface area contributed by atoms with E-state index in [1.807, 2.05) is 24.3 Å². The number of aliphatic hydroxyl groups excluding tert-OH is 1. The second-order valence-corrected chi connectivity index (χ2v) is 13.7. The summed E-state index contributed by atoms with van der Waals surface area (Å²) in [5, 5.41) is 16.7. The van der Waals surface area contributed by atoms with E-state index < -0.39 is 9.84 Å². The van der Waals surface area contributed by atoms with Crippen LogP contribution in [0.3, 0.4) is 0 Å². The first-order valence-corrected chi connectivity index (χ1v) is 17.0. The smallest absolute Gasteiger partial charge is 0.229 e. The highest BCUT2D eigenvalue weighted by Crippen LogP contribution is 2.33. The molecule has 2 aliphatic carbocycles. The van der Waals surface area contributed by atoms with Gasteiger partial charge in [-0.25, -0.2) is 18.4 Å². The molecule has 0 spiro atoms. The third-order valence-corrected chi connectivity index (χ3v) is 9.09. The van der Waals surface area contributed by atoms with Gasteiger partial charge in [-0.2, -0.15) is 4.98 Å². The lowest BCUT2D eigenvalue weighted by molar-refractivity contribution is 0.0976. The molecule has 2 aliphatic rings. The molecule has 3 aromatic heterocycles. The number of aromatic nitrogens is 4. The van der Waals surface area contributed by atoms with Gasteiger partial charge in [0.25, 0.3) is 0 Å². The van der Waals surface area contributed by atoms with Crippen LogP contribution in [-0.4, -0.2) is 57.6 Å². The van der Waals surface area contributed by atoms with Gasteiger partial charge in [0.05, 0.1) is 22.3 Å². The van der Waals surface area contributed by atoms with Gasteiger partial charge < -0.3 is 15.7 Å². The van der Waals surface area contributed by atoms with Crippen LogP contribution in [0.25, 0.3) is 11.3 Å². The zero-order valence-corrected chi connectivity index (χ0v) is 25.7. The van der Waals surface area contributed by atoms with E-state index >= 15 is 0 Å². The lowest BCUT2D eigenvalue weighted by atomic mass is 9.93. The predicted molar refractivity (Wildman–Crippen MR) is 172 cm³/mol. The monoisotopic (exact) mass is 622 g/mol. The molecule has 2 saturated carbocycles. The summed E-state index contributed by atoms with van der Waals surface area (Å²) in [5.41, 5.74) is 3.95. The largest absolute Gasteiger partial charge is 0.393 e. The number of Topliss-reactive ketones (excluding diaryl/α,β-unsaturated/α-hetero) is 1. The van der Waals surface area contributed by atoms with Gasteiger partial charge in [-0.1, -0.05) is 5.92 Å². The SMILES string of the molecule is CS(=O)(=O)c1ccc(-c2cnc(Nc3ccc(C#Cc4cc(C(=O)CC5CC5)ccn4)cc3)nc2NC2CCC(O)CC2)nc1. The van der Waals surface area contributed by atoms with Gasteiger partial charge in [0, 0.05) is 54.1 Å². The summed E-state index contributed by atoms with van der Waals surface area (Å²) in [4.78, 5) is 30.5. The second kappa shape index (κ2) is 13.1. The summed E-state index contributed by atoms with van der Waals surface area (Å²) in [6.07, 6.45) is 11.4. The molecule has 4 aromatic rings. The second-order valence-electron chi connectivity index (χ2n) is 11.7. The number of carbonyl (C=O) groups excluding carboxylic acids is 1. The Balaban J connectivity index is 1.18. The third-order valence-electron chi connectivity index (χ3n) is 8.00. The van der Waals surface area contributed by atoms with E-state index in [1.54, 1.807) is 30.6 Å². The molecule has 0 aliphatic heterocycles. The zero-order valence-electron chi connectivity index (χ0n) is 24.9. The van der Waals surface area contributed by atoms with Crippen LogP contribution in [0.2, 0.25) is 0 Å². The van der Waals surface area contributed by atoms with E-state index in [1.165, 1.54) is 12.3 Å². The lowest BCUT2D eigenvalue weighted by Gasteiger charge is -2.27. The molecule has 11 heteroatoms. The summed E-state index contributed by atoms with van der Waals surface area (Å²) >= 11 is 0. The van der Waals surface area contributed by atoms with E-state index in [0.717, 1.165) is 43.2 Å². The molecular weight excluding hydrogens is 588 g/mol. The average Bonchev–Trinajstić information content (AvgIpc) is 3.86. The van der Waals surface area contributed by atoms with Crippen molar-refractivity contribution in [1.29, 1.82) is 0 Å². The molecule has 3 heterocycles. The highest BCUT2D eigenvalue weighted by molar-refractivity contribution is 7.90. The van der Waals surface area contributed by atoms with Gasteiger partial charge >= 0.3 is 0 Å². The molecule has 1 aromatic carbocycles. The molecule has 6 rings (SSSR count). The van der Waals surface area contributed by atoms with E-state index in [2.05, 4.69) is 37.4 Å². The summed E-state index contributed by atoms with van der Waals surface area (Å²) < 4.78 is 23.8. The first-order valence-electron chi connectivity index (χ1n) is 15.1. The van der Waals surface area contributed by atoms with E-state index in [9.17, 15) is 18.3 Å². The molecule has 0 radical (unpaired) electrons. The number of hydrogen-bond donors (Lipinski definition) is 3. The van der Waals surface area contributed by atoms with Crippen molar-refractivity contribution in [1.82, 2.24) is 19.9 Å². The zero-order chi connectivity index (χ0) is 31.4. The van der Waals surface area contributed by atoms with E-state index in [4.69, 9.17) is 4.98 Å². The minimum absolute atomic E-state index is 0.120. The maximum atomic E-state index is 12.4. The molecular formula is C34H34N6O4S.